The highest BCUT2D eigenvalue weighted by Gasteiger charge is 2.79. The molecule has 5 atom stereocenters. The van der Waals surface area contributed by atoms with Crippen molar-refractivity contribution >= 4 is 27.8 Å². The van der Waals surface area contributed by atoms with Crippen molar-refractivity contribution in [3.8, 4) is 0 Å². The number of alkyl halides is 5. The molecule has 45 heavy (non-hydrogen) atoms. The van der Waals surface area contributed by atoms with E-state index in [0.29, 0.717) is 25.7 Å². The number of sulfone groups is 1. The Bertz CT molecular complexity index is 1720. The van der Waals surface area contributed by atoms with Crippen LogP contribution in [0.4, 0.5) is 22.0 Å². The van der Waals surface area contributed by atoms with Gasteiger partial charge in [-0.15, -0.1) is 0 Å². The first-order chi connectivity index (χ1) is 21.0. The van der Waals surface area contributed by atoms with Gasteiger partial charge in [0.1, 0.15) is 5.60 Å². The molecule has 6 rings (SSSR count). The summed E-state index contributed by atoms with van der Waals surface area (Å²) in [5, 5.41) is 11.4. The van der Waals surface area contributed by atoms with Crippen LogP contribution in [0.3, 0.4) is 0 Å². The van der Waals surface area contributed by atoms with Gasteiger partial charge in [0.2, 0.25) is 0 Å². The highest BCUT2D eigenvalue weighted by molar-refractivity contribution is 7.90. The normalized spacial score (nSPS) is 30.6. The molecule has 0 heterocycles. The van der Waals surface area contributed by atoms with Gasteiger partial charge in [-0.25, -0.2) is 8.42 Å². The number of rotatable bonds is 5. The molecule has 1 N–H and O–H groups in total. The number of hydrogen-bond donors (Lipinski definition) is 1. The average Bonchev–Trinajstić information content (AvgIpc) is 3.26. The van der Waals surface area contributed by atoms with Crippen molar-refractivity contribution in [2.45, 2.75) is 80.4 Å². The predicted molar refractivity (Wildman–Crippen MR) is 161 cm³/mol. The van der Waals surface area contributed by atoms with Crippen LogP contribution in [-0.2, 0) is 14.6 Å². The smallest absolute Gasteiger partial charge is 0.383 e. The topological polar surface area (TPSA) is 71.4 Å². The Kier molecular flexibility index (Phi) is 7.59. The molecule has 4 aliphatic rings. The zero-order valence-electron chi connectivity index (χ0n) is 25.0. The Hall–Kier alpha value is -3.11. The number of carbonyl (C=O) groups is 1. The molecule has 2 saturated carbocycles. The van der Waals surface area contributed by atoms with E-state index in [-0.39, 0.29) is 29.4 Å². The molecule has 0 unspecified atom stereocenters. The SMILES string of the molecule is C[C@]12C[C@H](c3ccc(C=Cc4ccc(S(C)(=O)=O)cc4)cc3)C3=C4CCC(=O)C=C4CC[C@H]3[C@@H]1CC[C@@]2(O)C(F)(F)C(F)(F)F. The fourth-order valence-electron chi connectivity index (χ4n) is 8.57. The van der Waals surface area contributed by atoms with Crippen molar-refractivity contribution in [3.05, 3.63) is 88.0 Å². The van der Waals surface area contributed by atoms with E-state index in [1.807, 2.05) is 36.4 Å². The molecule has 2 fully saturated rings. The van der Waals surface area contributed by atoms with Crippen molar-refractivity contribution < 1.29 is 40.3 Å². The molecule has 0 aromatic heterocycles. The Morgan fingerprint density at radius 1 is 0.889 bits per heavy atom. The average molecular weight is 647 g/mol. The fourth-order valence-corrected chi connectivity index (χ4v) is 9.20. The molecule has 4 aliphatic carbocycles. The van der Waals surface area contributed by atoms with Gasteiger partial charge in [-0.3, -0.25) is 4.79 Å². The van der Waals surface area contributed by atoms with Crippen molar-refractivity contribution in [2.24, 2.45) is 17.3 Å². The number of ketones is 1. The van der Waals surface area contributed by atoms with Crippen molar-refractivity contribution in [2.75, 3.05) is 6.26 Å². The number of aliphatic hydroxyl groups is 1. The van der Waals surface area contributed by atoms with Gasteiger partial charge in [0.15, 0.2) is 15.6 Å². The van der Waals surface area contributed by atoms with Gasteiger partial charge in [-0.05, 0) is 96.4 Å². The van der Waals surface area contributed by atoms with E-state index in [4.69, 9.17) is 0 Å². The molecule has 2 aromatic carbocycles. The third-order valence-electron chi connectivity index (χ3n) is 10.9. The van der Waals surface area contributed by atoms with E-state index in [2.05, 4.69) is 0 Å². The summed E-state index contributed by atoms with van der Waals surface area (Å²) in [4.78, 5) is 12.5. The lowest BCUT2D eigenvalue weighted by Crippen LogP contribution is -2.65. The third kappa shape index (κ3) is 5.12. The standard InChI is InChI=1S/C35H35F5O4S/c1-32-20-29(23-9-5-21(6-10-23)3-4-22-7-13-26(14-8-22)45(2,43)44)31-27-16-12-25(41)19-24(27)11-15-28(31)30(32)17-18-33(32,42)34(36,37)35(38,39)40/h3-10,13-14,19,28-30,42H,11-12,15-18,20H2,1-2H3/t28-,29+,30-,32-,33-/m0/s1. The zero-order valence-corrected chi connectivity index (χ0v) is 25.8. The predicted octanol–water partition coefficient (Wildman–Crippen LogP) is 8.09. The molecule has 0 spiro atoms. The molecule has 240 valence electrons. The monoisotopic (exact) mass is 646 g/mol. The quantitative estimate of drug-likeness (QED) is 0.263. The van der Waals surface area contributed by atoms with Crippen LogP contribution in [0.5, 0.6) is 0 Å². The van der Waals surface area contributed by atoms with Crippen LogP contribution in [0, 0.1) is 17.3 Å². The minimum Gasteiger partial charge on any atom is -0.383 e. The Balaban J connectivity index is 1.38. The van der Waals surface area contributed by atoms with Crippen LogP contribution in [0.25, 0.3) is 12.2 Å². The van der Waals surface area contributed by atoms with Crippen LogP contribution >= 0.6 is 0 Å². The summed E-state index contributed by atoms with van der Waals surface area (Å²) in [5.74, 6) is -6.57. The van der Waals surface area contributed by atoms with Gasteiger partial charge >= 0.3 is 12.1 Å². The van der Waals surface area contributed by atoms with Crippen molar-refractivity contribution in [1.29, 1.82) is 0 Å². The molecule has 4 nitrogen and oxygen atoms in total. The summed E-state index contributed by atoms with van der Waals surface area (Å²) in [5.41, 5.74) is 0.398. The van der Waals surface area contributed by atoms with E-state index < -0.39 is 51.2 Å². The van der Waals surface area contributed by atoms with Crippen molar-refractivity contribution in [3.63, 3.8) is 0 Å². The van der Waals surface area contributed by atoms with E-state index in [1.54, 1.807) is 18.2 Å². The Labute approximate surface area is 259 Å². The molecule has 0 bridgehead atoms. The highest BCUT2D eigenvalue weighted by Crippen LogP contribution is 2.70. The van der Waals surface area contributed by atoms with Gasteiger partial charge in [-0.2, -0.15) is 22.0 Å². The number of carbonyl (C=O) groups excluding carboxylic acids is 1. The first-order valence-corrected chi connectivity index (χ1v) is 17.1. The maximum absolute atomic E-state index is 15.2. The molecule has 0 saturated heterocycles. The van der Waals surface area contributed by atoms with Crippen LogP contribution in [-0.4, -0.2) is 43.3 Å². The summed E-state index contributed by atoms with van der Waals surface area (Å²) in [6.45, 7) is 1.42. The van der Waals surface area contributed by atoms with Crippen LogP contribution < -0.4 is 0 Å². The summed E-state index contributed by atoms with van der Waals surface area (Å²) in [6, 6.07) is 13.8. The largest absolute Gasteiger partial charge is 0.456 e. The van der Waals surface area contributed by atoms with E-state index in [0.717, 1.165) is 39.7 Å². The molecule has 0 amide bonds. The van der Waals surface area contributed by atoms with Gasteiger partial charge in [0, 0.05) is 24.0 Å². The maximum Gasteiger partial charge on any atom is 0.456 e. The van der Waals surface area contributed by atoms with Crippen molar-refractivity contribution in [1.82, 2.24) is 0 Å². The molecule has 2 aromatic rings. The minimum absolute atomic E-state index is 0.0344. The van der Waals surface area contributed by atoms with E-state index in [9.17, 15) is 31.5 Å². The summed E-state index contributed by atoms with van der Waals surface area (Å²) in [6.07, 6.45) is 1.86. The number of halogens is 5. The van der Waals surface area contributed by atoms with E-state index in [1.165, 1.54) is 19.1 Å². The van der Waals surface area contributed by atoms with Gasteiger partial charge < -0.3 is 5.11 Å². The summed E-state index contributed by atoms with van der Waals surface area (Å²) in [7, 11) is -3.31. The molecule has 10 heteroatoms. The zero-order chi connectivity index (χ0) is 32.6. The summed E-state index contributed by atoms with van der Waals surface area (Å²) < 4.78 is 95.2. The first-order valence-electron chi connectivity index (χ1n) is 15.2. The lowest BCUT2D eigenvalue weighted by atomic mass is 9.50. The number of benzene rings is 2. The fraction of sp³-hybridized carbons (Fsp3) is 0.457. The third-order valence-corrected chi connectivity index (χ3v) is 12.0. The first kappa shape index (κ1) is 31.9. The van der Waals surface area contributed by atoms with Crippen LogP contribution in [0.15, 0.2) is 76.2 Å². The minimum atomic E-state index is -5.89. The van der Waals surface area contributed by atoms with Crippen LogP contribution in [0.2, 0.25) is 0 Å². The molecule has 0 radical (unpaired) electrons. The number of hydrogen-bond acceptors (Lipinski definition) is 4. The van der Waals surface area contributed by atoms with Crippen LogP contribution in [0.1, 0.15) is 74.5 Å². The summed E-state index contributed by atoms with van der Waals surface area (Å²) >= 11 is 0. The van der Waals surface area contributed by atoms with E-state index >= 15 is 8.78 Å². The second-order valence-corrected chi connectivity index (χ2v) is 15.3. The lowest BCUT2D eigenvalue weighted by Gasteiger charge is -2.56. The lowest BCUT2D eigenvalue weighted by molar-refractivity contribution is -0.362. The Morgan fingerprint density at radius 3 is 2.07 bits per heavy atom. The Morgan fingerprint density at radius 2 is 1.49 bits per heavy atom. The second kappa shape index (κ2) is 10.7. The number of allylic oxidation sites excluding steroid dienone is 4. The second-order valence-electron chi connectivity index (χ2n) is 13.3. The van der Waals surface area contributed by atoms with Gasteiger partial charge in [-0.1, -0.05) is 61.0 Å². The molecular weight excluding hydrogens is 611 g/mol. The van der Waals surface area contributed by atoms with Gasteiger partial charge in [0.05, 0.1) is 4.90 Å². The highest BCUT2D eigenvalue weighted by atomic mass is 32.2. The molecular formula is C35H35F5O4S. The molecule has 0 aliphatic heterocycles. The number of fused-ring (bicyclic) bond motifs is 4. The maximum atomic E-state index is 15.2. The van der Waals surface area contributed by atoms with Gasteiger partial charge in [0.25, 0.3) is 0 Å².